The zero-order valence-electron chi connectivity index (χ0n) is 13.7. The molecule has 1 heterocycles. The fourth-order valence-corrected chi connectivity index (χ4v) is 2.72. The van der Waals surface area contributed by atoms with E-state index in [0.717, 1.165) is 12.0 Å². The Morgan fingerprint density at radius 3 is 2.68 bits per heavy atom. The van der Waals surface area contributed by atoms with Crippen molar-refractivity contribution in [2.75, 3.05) is 6.54 Å². The molecule has 122 valence electrons. The van der Waals surface area contributed by atoms with Crippen LogP contribution in [0.1, 0.15) is 50.8 Å². The summed E-state index contributed by atoms with van der Waals surface area (Å²) in [6.45, 7) is 7.81. The second-order valence-corrected chi connectivity index (χ2v) is 6.98. The van der Waals surface area contributed by atoms with Crippen molar-refractivity contribution in [3.8, 4) is 0 Å². The van der Waals surface area contributed by atoms with Crippen LogP contribution in [0, 0.1) is 12.7 Å². The Morgan fingerprint density at radius 1 is 1.41 bits per heavy atom. The number of carbonyl (C=O) groups is 1. The Kier molecular flexibility index (Phi) is 4.75. The summed E-state index contributed by atoms with van der Waals surface area (Å²) in [4.78, 5) is 14.2. The number of hydrogen-bond acceptors (Lipinski definition) is 3. The van der Waals surface area contributed by atoms with E-state index < -0.39 is 5.60 Å². The first-order valence-electron chi connectivity index (χ1n) is 7.68. The molecule has 0 spiro atoms. The number of carbonyl (C=O) groups excluding carboxylic acids is 1. The van der Waals surface area contributed by atoms with E-state index in [1.165, 1.54) is 6.07 Å². The average molecular weight is 308 g/mol. The molecule has 0 aliphatic carbocycles. The van der Waals surface area contributed by atoms with Crippen LogP contribution in [0.25, 0.3) is 0 Å². The van der Waals surface area contributed by atoms with Gasteiger partial charge in [-0.3, -0.25) is 0 Å². The van der Waals surface area contributed by atoms with E-state index in [4.69, 9.17) is 10.5 Å². The topological polar surface area (TPSA) is 55.6 Å². The molecule has 1 fully saturated rings. The lowest BCUT2D eigenvalue weighted by Gasteiger charge is -2.39. The molecule has 1 saturated heterocycles. The van der Waals surface area contributed by atoms with E-state index in [0.29, 0.717) is 18.5 Å². The predicted molar refractivity (Wildman–Crippen MR) is 84.0 cm³/mol. The zero-order valence-corrected chi connectivity index (χ0v) is 13.7. The third kappa shape index (κ3) is 3.97. The number of rotatable bonds is 1. The van der Waals surface area contributed by atoms with Gasteiger partial charge in [0.15, 0.2) is 0 Å². The predicted octanol–water partition coefficient (Wildman–Crippen LogP) is 3.53. The normalized spacial score (nSPS) is 22.5. The minimum atomic E-state index is -0.542. The Morgan fingerprint density at radius 2 is 2.09 bits per heavy atom. The van der Waals surface area contributed by atoms with Crippen LogP contribution in [0.5, 0.6) is 0 Å². The molecule has 4 nitrogen and oxygen atoms in total. The fraction of sp³-hybridized carbons (Fsp3) is 0.588. The molecule has 2 atom stereocenters. The molecule has 0 aromatic heterocycles. The summed E-state index contributed by atoms with van der Waals surface area (Å²) < 4.78 is 19.0. The molecule has 2 unspecified atom stereocenters. The van der Waals surface area contributed by atoms with Crippen LogP contribution >= 0.6 is 0 Å². The number of hydrogen-bond donors (Lipinski definition) is 1. The van der Waals surface area contributed by atoms with Crippen molar-refractivity contribution in [1.82, 2.24) is 4.90 Å². The van der Waals surface area contributed by atoms with Gasteiger partial charge < -0.3 is 15.4 Å². The lowest BCUT2D eigenvalue weighted by atomic mass is 9.92. The molecule has 1 aromatic carbocycles. The van der Waals surface area contributed by atoms with Crippen molar-refractivity contribution in [2.45, 2.75) is 58.2 Å². The van der Waals surface area contributed by atoms with Gasteiger partial charge in [0.05, 0.1) is 6.04 Å². The highest BCUT2D eigenvalue weighted by Gasteiger charge is 2.34. The van der Waals surface area contributed by atoms with Crippen LogP contribution in [0.2, 0.25) is 0 Å². The number of ether oxygens (including phenoxy) is 1. The number of benzene rings is 1. The smallest absolute Gasteiger partial charge is 0.410 e. The average Bonchev–Trinajstić information content (AvgIpc) is 2.39. The summed E-state index contributed by atoms with van der Waals surface area (Å²) in [7, 11) is 0. The molecule has 1 aromatic rings. The number of likely N-dealkylation sites (tertiary alicyclic amines) is 1. The monoisotopic (exact) mass is 308 g/mol. The highest BCUT2D eigenvalue weighted by Crippen LogP contribution is 2.32. The number of nitrogens with zero attached hydrogens (tertiary/aromatic N) is 1. The number of piperidine rings is 1. The van der Waals surface area contributed by atoms with Gasteiger partial charge in [0.2, 0.25) is 0 Å². The molecule has 2 N–H and O–H groups in total. The van der Waals surface area contributed by atoms with Crippen LogP contribution in [-0.2, 0) is 4.74 Å². The minimum absolute atomic E-state index is 0.0362. The SMILES string of the molecule is Cc1cc(C2CC(N)CCN2C(=O)OC(C)(C)C)ccc1F. The Bertz CT molecular complexity index is 554. The number of halogens is 1. The van der Waals surface area contributed by atoms with Gasteiger partial charge in [0.25, 0.3) is 0 Å². The molecular weight excluding hydrogens is 283 g/mol. The van der Waals surface area contributed by atoms with Gasteiger partial charge in [-0.05, 0) is 57.7 Å². The van der Waals surface area contributed by atoms with Gasteiger partial charge >= 0.3 is 6.09 Å². The number of nitrogens with two attached hydrogens (primary N) is 1. The molecule has 1 amide bonds. The van der Waals surface area contributed by atoms with E-state index in [2.05, 4.69) is 0 Å². The van der Waals surface area contributed by atoms with E-state index in [1.807, 2.05) is 20.8 Å². The molecule has 0 saturated carbocycles. The highest BCUT2D eigenvalue weighted by molar-refractivity contribution is 5.69. The van der Waals surface area contributed by atoms with Crippen LogP contribution in [-0.4, -0.2) is 29.2 Å². The maximum absolute atomic E-state index is 13.5. The van der Waals surface area contributed by atoms with Gasteiger partial charge in [0, 0.05) is 12.6 Å². The van der Waals surface area contributed by atoms with Crippen molar-refractivity contribution in [3.63, 3.8) is 0 Å². The largest absolute Gasteiger partial charge is 0.444 e. The van der Waals surface area contributed by atoms with Gasteiger partial charge in [-0.1, -0.05) is 12.1 Å². The third-order valence-electron chi connectivity index (χ3n) is 3.84. The summed E-state index contributed by atoms with van der Waals surface area (Å²) in [5.41, 5.74) is 7.00. The van der Waals surface area contributed by atoms with Crippen molar-refractivity contribution >= 4 is 6.09 Å². The van der Waals surface area contributed by atoms with E-state index in [9.17, 15) is 9.18 Å². The zero-order chi connectivity index (χ0) is 16.5. The summed E-state index contributed by atoms with van der Waals surface area (Å²) in [6, 6.07) is 4.82. The second kappa shape index (κ2) is 6.24. The van der Waals surface area contributed by atoms with Crippen molar-refractivity contribution < 1.29 is 13.9 Å². The molecule has 2 rings (SSSR count). The third-order valence-corrected chi connectivity index (χ3v) is 3.84. The van der Waals surface area contributed by atoms with Gasteiger partial charge in [-0.2, -0.15) is 0 Å². The maximum Gasteiger partial charge on any atom is 0.410 e. The minimum Gasteiger partial charge on any atom is -0.444 e. The van der Waals surface area contributed by atoms with Gasteiger partial charge in [-0.25, -0.2) is 9.18 Å². The van der Waals surface area contributed by atoms with E-state index in [-0.39, 0.29) is 24.0 Å². The lowest BCUT2D eigenvalue weighted by Crippen LogP contribution is -2.46. The molecule has 22 heavy (non-hydrogen) atoms. The van der Waals surface area contributed by atoms with Crippen molar-refractivity contribution in [3.05, 3.63) is 35.1 Å². The van der Waals surface area contributed by atoms with Crippen LogP contribution in [0.15, 0.2) is 18.2 Å². The van der Waals surface area contributed by atoms with Gasteiger partial charge in [-0.15, -0.1) is 0 Å². The summed E-state index contributed by atoms with van der Waals surface area (Å²) in [5.74, 6) is -0.243. The first-order valence-corrected chi connectivity index (χ1v) is 7.68. The van der Waals surface area contributed by atoms with E-state index in [1.54, 1.807) is 24.0 Å². The molecular formula is C17H25FN2O2. The fourth-order valence-electron chi connectivity index (χ4n) is 2.72. The molecule has 0 radical (unpaired) electrons. The number of aryl methyl sites for hydroxylation is 1. The highest BCUT2D eigenvalue weighted by atomic mass is 19.1. The van der Waals surface area contributed by atoms with Crippen molar-refractivity contribution in [1.29, 1.82) is 0 Å². The summed E-state index contributed by atoms with van der Waals surface area (Å²) in [5, 5.41) is 0. The molecule has 1 aliphatic rings. The molecule has 5 heteroatoms. The van der Waals surface area contributed by atoms with Crippen LogP contribution in [0.4, 0.5) is 9.18 Å². The number of amides is 1. The Hall–Kier alpha value is -1.62. The first-order chi connectivity index (χ1) is 10.2. The molecule has 0 bridgehead atoms. The maximum atomic E-state index is 13.5. The van der Waals surface area contributed by atoms with Gasteiger partial charge in [0.1, 0.15) is 11.4 Å². The van der Waals surface area contributed by atoms with Crippen LogP contribution in [0.3, 0.4) is 0 Å². The quantitative estimate of drug-likeness (QED) is 0.863. The second-order valence-electron chi connectivity index (χ2n) is 6.98. The Balaban J connectivity index is 2.26. The Labute approximate surface area is 131 Å². The first kappa shape index (κ1) is 16.7. The van der Waals surface area contributed by atoms with E-state index >= 15 is 0 Å². The van der Waals surface area contributed by atoms with Crippen LogP contribution < -0.4 is 5.73 Å². The van der Waals surface area contributed by atoms with Crippen molar-refractivity contribution in [2.24, 2.45) is 5.73 Å². The summed E-state index contributed by atoms with van der Waals surface area (Å²) in [6.07, 6.45) is 1.06. The standard InChI is InChI=1S/C17H25FN2O2/c1-11-9-12(5-6-14(11)18)15-10-13(19)7-8-20(15)16(21)22-17(2,3)4/h5-6,9,13,15H,7-8,10,19H2,1-4H3. The molecule has 1 aliphatic heterocycles. The lowest BCUT2D eigenvalue weighted by molar-refractivity contribution is 0.00796. The summed E-state index contributed by atoms with van der Waals surface area (Å²) >= 11 is 0.